The maximum atomic E-state index is 14.9. The second-order valence-corrected chi connectivity index (χ2v) is 8.46. The minimum absolute atomic E-state index is 0.0428. The van der Waals surface area contributed by atoms with Gasteiger partial charge in [0.05, 0.1) is 18.2 Å². The summed E-state index contributed by atoms with van der Waals surface area (Å²) in [6.45, 7) is 2.68. The lowest BCUT2D eigenvalue weighted by molar-refractivity contribution is 0.101. The van der Waals surface area contributed by atoms with E-state index < -0.39 is 22.7 Å². The number of amides is 1. The molecule has 146 valence electrons. The predicted octanol–water partition coefficient (Wildman–Crippen LogP) is 2.81. The van der Waals surface area contributed by atoms with E-state index in [2.05, 4.69) is 20.3 Å². The van der Waals surface area contributed by atoms with Gasteiger partial charge in [0.15, 0.2) is 5.17 Å². The molecule has 3 heterocycles. The molecule has 0 bridgehead atoms. The van der Waals surface area contributed by atoms with Crippen molar-refractivity contribution in [3.05, 3.63) is 52.8 Å². The molecular formula is C18H17ClFN5O2S. The lowest BCUT2D eigenvalue weighted by atomic mass is 9.70. The summed E-state index contributed by atoms with van der Waals surface area (Å²) in [5.41, 5.74) is 5.35. The van der Waals surface area contributed by atoms with Gasteiger partial charge in [-0.15, -0.1) is 0 Å². The third kappa shape index (κ3) is 3.13. The Morgan fingerprint density at radius 1 is 1.36 bits per heavy atom. The van der Waals surface area contributed by atoms with Crippen LogP contribution in [0.5, 0.6) is 0 Å². The Labute approximate surface area is 169 Å². The van der Waals surface area contributed by atoms with E-state index in [9.17, 15) is 9.18 Å². The number of nitrogens with two attached hydrogens (primary N) is 1. The van der Waals surface area contributed by atoms with Gasteiger partial charge in [-0.25, -0.2) is 19.4 Å². The van der Waals surface area contributed by atoms with Gasteiger partial charge in [-0.2, -0.15) is 0 Å². The zero-order valence-electron chi connectivity index (χ0n) is 14.9. The van der Waals surface area contributed by atoms with Crippen molar-refractivity contribution in [1.82, 2.24) is 9.97 Å². The smallest absolute Gasteiger partial charge is 0.293 e. The zero-order chi connectivity index (χ0) is 19.9. The van der Waals surface area contributed by atoms with Crippen molar-refractivity contribution < 1.29 is 13.9 Å². The van der Waals surface area contributed by atoms with E-state index in [1.165, 1.54) is 36.3 Å². The molecule has 2 aliphatic rings. The molecule has 0 aliphatic carbocycles. The number of aliphatic imine (C=N–C) groups is 1. The monoisotopic (exact) mass is 421 g/mol. The number of thioether (sulfide) groups is 1. The molecule has 1 aromatic heterocycles. The highest BCUT2D eigenvalue weighted by atomic mass is 35.5. The van der Waals surface area contributed by atoms with Crippen molar-refractivity contribution in [2.45, 2.75) is 12.5 Å². The fourth-order valence-corrected chi connectivity index (χ4v) is 4.61. The largest absolute Gasteiger partial charge is 0.379 e. The fraction of sp³-hybridized carbons (Fsp3) is 0.333. The van der Waals surface area contributed by atoms with Crippen LogP contribution in [0.2, 0.25) is 5.02 Å². The van der Waals surface area contributed by atoms with Crippen molar-refractivity contribution in [3.8, 4) is 0 Å². The number of nitrogens with one attached hydrogen (secondary N) is 1. The normalized spacial score (nSPS) is 26.5. The molecule has 2 atom stereocenters. The molecule has 0 unspecified atom stereocenters. The van der Waals surface area contributed by atoms with Crippen molar-refractivity contribution in [3.63, 3.8) is 0 Å². The highest BCUT2D eigenvalue weighted by Gasteiger charge is 2.57. The average Bonchev–Trinajstić information content (AvgIpc) is 3.01. The Kier molecular flexibility index (Phi) is 4.76. The Morgan fingerprint density at radius 3 is 2.86 bits per heavy atom. The number of nitrogens with zero attached hydrogens (tertiary/aromatic N) is 3. The summed E-state index contributed by atoms with van der Waals surface area (Å²) in [5, 5.41) is 3.40. The first-order valence-corrected chi connectivity index (χ1v) is 9.84. The molecule has 4 rings (SSSR count). The molecule has 28 heavy (non-hydrogen) atoms. The van der Waals surface area contributed by atoms with Crippen LogP contribution in [0.25, 0.3) is 0 Å². The van der Waals surface area contributed by atoms with Crippen molar-refractivity contribution >= 4 is 40.1 Å². The van der Waals surface area contributed by atoms with Gasteiger partial charge in [-0.05, 0) is 18.2 Å². The van der Waals surface area contributed by atoms with Crippen LogP contribution in [-0.2, 0) is 10.3 Å². The third-order valence-corrected chi connectivity index (χ3v) is 6.43. The van der Waals surface area contributed by atoms with Crippen LogP contribution in [-0.4, -0.2) is 40.0 Å². The molecule has 0 radical (unpaired) electrons. The van der Waals surface area contributed by atoms with Gasteiger partial charge < -0.3 is 15.8 Å². The summed E-state index contributed by atoms with van der Waals surface area (Å²) in [5.74, 6) is -0.337. The number of hydrogen-bond acceptors (Lipinski definition) is 7. The Balaban J connectivity index is 1.70. The van der Waals surface area contributed by atoms with Crippen LogP contribution in [0.15, 0.2) is 35.6 Å². The molecule has 1 fully saturated rings. The van der Waals surface area contributed by atoms with Gasteiger partial charge in [-0.3, -0.25) is 4.79 Å². The second-order valence-electron chi connectivity index (χ2n) is 7.03. The van der Waals surface area contributed by atoms with Gasteiger partial charge in [0.1, 0.15) is 11.4 Å². The highest BCUT2D eigenvalue weighted by molar-refractivity contribution is 8.13. The molecule has 2 aliphatic heterocycles. The summed E-state index contributed by atoms with van der Waals surface area (Å²) in [6.07, 6.45) is 2.66. The second kappa shape index (κ2) is 6.98. The minimum Gasteiger partial charge on any atom is -0.379 e. The standard InChI is InChI=1S/C18H17ClFN5O2S/c1-17-7-27-8-18(17,25-16(21)28-9-17)12-4-11(2-3-13(12)20)24-15(26)14-22-5-10(19)6-23-14/h2-6H,7-9H2,1H3,(H2,21,25)(H,24,26)/t17-,18+/m0/s1. The molecule has 1 amide bonds. The summed E-state index contributed by atoms with van der Waals surface area (Å²) < 4.78 is 20.6. The summed E-state index contributed by atoms with van der Waals surface area (Å²) in [4.78, 5) is 24.8. The van der Waals surface area contributed by atoms with E-state index in [0.29, 0.717) is 33.8 Å². The van der Waals surface area contributed by atoms with Crippen LogP contribution < -0.4 is 11.1 Å². The van der Waals surface area contributed by atoms with Crippen molar-refractivity contribution in [2.75, 3.05) is 24.3 Å². The number of rotatable bonds is 3. The molecule has 1 aromatic carbocycles. The molecule has 0 spiro atoms. The predicted molar refractivity (Wildman–Crippen MR) is 106 cm³/mol. The van der Waals surface area contributed by atoms with Gasteiger partial charge in [0.2, 0.25) is 5.82 Å². The zero-order valence-corrected chi connectivity index (χ0v) is 16.5. The molecule has 1 saturated heterocycles. The number of ether oxygens (including phenoxy) is 1. The van der Waals surface area contributed by atoms with E-state index in [0.717, 1.165) is 0 Å². The van der Waals surface area contributed by atoms with E-state index in [1.807, 2.05) is 6.92 Å². The molecule has 10 heteroatoms. The van der Waals surface area contributed by atoms with E-state index >= 15 is 0 Å². The molecule has 0 saturated carbocycles. The van der Waals surface area contributed by atoms with Crippen LogP contribution in [0.4, 0.5) is 10.1 Å². The molecular weight excluding hydrogens is 405 g/mol. The fourth-order valence-electron chi connectivity index (χ4n) is 3.50. The number of aromatic nitrogens is 2. The molecule has 2 aromatic rings. The number of carbonyl (C=O) groups is 1. The SMILES string of the molecule is C[C@@]12COC[C@]1(c1cc(NC(=O)c3ncc(Cl)cn3)ccc1F)N=C(N)SC2. The number of carbonyl (C=O) groups excluding carboxylic acids is 1. The lowest BCUT2D eigenvalue weighted by Crippen LogP contribution is -2.48. The maximum Gasteiger partial charge on any atom is 0.293 e. The van der Waals surface area contributed by atoms with Crippen LogP contribution in [0.3, 0.4) is 0 Å². The topological polar surface area (TPSA) is 102 Å². The number of halogens is 2. The number of hydrogen-bond donors (Lipinski definition) is 2. The first-order valence-electron chi connectivity index (χ1n) is 8.48. The first-order chi connectivity index (χ1) is 13.3. The number of benzene rings is 1. The van der Waals surface area contributed by atoms with E-state index in [1.54, 1.807) is 6.07 Å². The quantitative estimate of drug-likeness (QED) is 0.790. The minimum atomic E-state index is -0.941. The maximum absolute atomic E-state index is 14.9. The van der Waals surface area contributed by atoms with Gasteiger partial charge in [-0.1, -0.05) is 30.3 Å². The van der Waals surface area contributed by atoms with Gasteiger partial charge in [0, 0.05) is 34.8 Å². The Bertz CT molecular complexity index is 973. The summed E-state index contributed by atoms with van der Waals surface area (Å²) in [6, 6.07) is 4.35. The van der Waals surface area contributed by atoms with Crippen LogP contribution in [0.1, 0.15) is 23.1 Å². The number of amidine groups is 1. The van der Waals surface area contributed by atoms with Gasteiger partial charge in [0.25, 0.3) is 5.91 Å². The molecule has 3 N–H and O–H groups in total. The summed E-state index contributed by atoms with van der Waals surface area (Å²) in [7, 11) is 0. The Hall–Kier alpha value is -2.23. The van der Waals surface area contributed by atoms with Gasteiger partial charge >= 0.3 is 0 Å². The van der Waals surface area contributed by atoms with E-state index in [4.69, 9.17) is 22.1 Å². The van der Waals surface area contributed by atoms with Crippen LogP contribution >= 0.6 is 23.4 Å². The van der Waals surface area contributed by atoms with Crippen molar-refractivity contribution in [1.29, 1.82) is 0 Å². The highest BCUT2D eigenvalue weighted by Crippen LogP contribution is 2.53. The van der Waals surface area contributed by atoms with E-state index in [-0.39, 0.29) is 12.4 Å². The average molecular weight is 422 g/mol. The first kappa shape index (κ1) is 19.1. The molecule has 7 nitrogen and oxygen atoms in total. The van der Waals surface area contributed by atoms with Crippen LogP contribution in [0, 0.1) is 11.2 Å². The Morgan fingerprint density at radius 2 is 2.11 bits per heavy atom. The van der Waals surface area contributed by atoms with Crippen molar-refractivity contribution in [2.24, 2.45) is 16.1 Å². The number of fused-ring (bicyclic) bond motifs is 1. The number of anilines is 1. The third-order valence-electron chi connectivity index (χ3n) is 5.06. The summed E-state index contributed by atoms with van der Waals surface area (Å²) >= 11 is 7.18. The lowest BCUT2D eigenvalue weighted by Gasteiger charge is -2.42.